The molecule has 2 fully saturated rings. The molecule has 1 aliphatic heterocycles. The fourth-order valence-corrected chi connectivity index (χ4v) is 3.24. The second-order valence-corrected chi connectivity index (χ2v) is 6.12. The summed E-state index contributed by atoms with van der Waals surface area (Å²) in [6.07, 6.45) is 5.40. The first-order chi connectivity index (χ1) is 10.2. The van der Waals surface area contributed by atoms with E-state index >= 15 is 0 Å². The zero-order chi connectivity index (χ0) is 14.7. The number of nitrogens with one attached hydrogen (secondary N) is 1. The highest BCUT2D eigenvalue weighted by atomic mass is 35.5. The summed E-state index contributed by atoms with van der Waals surface area (Å²) in [6.45, 7) is 0.995. The molecule has 1 unspecified atom stereocenters. The number of carbonyl (C=O) groups is 1. The fourth-order valence-electron chi connectivity index (χ4n) is 3.02. The van der Waals surface area contributed by atoms with Crippen LogP contribution in [-0.4, -0.2) is 30.9 Å². The quantitative estimate of drug-likeness (QED) is 0.933. The summed E-state index contributed by atoms with van der Waals surface area (Å²) >= 11 is 6.01. The number of carbonyl (C=O) groups excluding carboxylic acids is 1. The Morgan fingerprint density at radius 2 is 2.05 bits per heavy atom. The molecule has 5 heteroatoms. The second kappa shape index (κ2) is 6.34. The van der Waals surface area contributed by atoms with Crippen molar-refractivity contribution >= 4 is 17.5 Å². The van der Waals surface area contributed by atoms with E-state index in [1.165, 1.54) is 6.42 Å². The molecule has 1 saturated carbocycles. The fraction of sp³-hybridized carbons (Fsp3) is 0.562. The molecule has 1 heterocycles. The summed E-state index contributed by atoms with van der Waals surface area (Å²) in [5.74, 6) is -0.563. The van der Waals surface area contributed by atoms with Crippen LogP contribution in [0.15, 0.2) is 24.3 Å². The van der Waals surface area contributed by atoms with Crippen LogP contribution in [-0.2, 0) is 9.47 Å². The van der Waals surface area contributed by atoms with Crippen molar-refractivity contribution in [2.45, 2.75) is 44.0 Å². The van der Waals surface area contributed by atoms with Crippen LogP contribution in [0.3, 0.4) is 0 Å². The van der Waals surface area contributed by atoms with E-state index in [0.29, 0.717) is 23.7 Å². The molecule has 1 spiro atoms. The smallest absolute Gasteiger partial charge is 0.252 e. The lowest BCUT2D eigenvalue weighted by molar-refractivity contribution is -0.186. The van der Waals surface area contributed by atoms with Gasteiger partial charge in [0.25, 0.3) is 5.91 Å². The van der Waals surface area contributed by atoms with E-state index in [2.05, 4.69) is 5.32 Å². The monoisotopic (exact) mass is 309 g/mol. The number of hydrogen-bond donors (Lipinski definition) is 1. The number of rotatable bonds is 3. The zero-order valence-corrected chi connectivity index (χ0v) is 12.7. The molecular formula is C16H20ClNO3. The lowest BCUT2D eigenvalue weighted by Crippen LogP contribution is -2.37. The van der Waals surface area contributed by atoms with Gasteiger partial charge in [0.1, 0.15) is 6.10 Å². The van der Waals surface area contributed by atoms with Gasteiger partial charge in [0, 0.05) is 19.4 Å². The Morgan fingerprint density at radius 1 is 1.29 bits per heavy atom. The van der Waals surface area contributed by atoms with E-state index in [1.54, 1.807) is 24.3 Å². The van der Waals surface area contributed by atoms with Crippen LogP contribution < -0.4 is 5.32 Å². The predicted molar refractivity (Wildman–Crippen MR) is 80.4 cm³/mol. The summed E-state index contributed by atoms with van der Waals surface area (Å²) in [4.78, 5) is 12.1. The van der Waals surface area contributed by atoms with Crippen LogP contribution >= 0.6 is 11.6 Å². The highest BCUT2D eigenvalue weighted by Gasteiger charge is 2.42. The van der Waals surface area contributed by atoms with Gasteiger partial charge in [-0.25, -0.2) is 0 Å². The van der Waals surface area contributed by atoms with Gasteiger partial charge in [0.05, 0.1) is 17.2 Å². The Labute approximate surface area is 129 Å². The van der Waals surface area contributed by atoms with Gasteiger partial charge in [-0.15, -0.1) is 0 Å². The van der Waals surface area contributed by atoms with Gasteiger partial charge in [0.15, 0.2) is 5.79 Å². The van der Waals surface area contributed by atoms with Gasteiger partial charge in [-0.1, -0.05) is 30.2 Å². The molecular weight excluding hydrogens is 290 g/mol. The molecule has 0 radical (unpaired) electrons. The van der Waals surface area contributed by atoms with E-state index in [4.69, 9.17) is 21.1 Å². The number of halogens is 1. The summed E-state index contributed by atoms with van der Waals surface area (Å²) < 4.78 is 11.9. The molecule has 1 N–H and O–H groups in total. The molecule has 1 aromatic rings. The van der Waals surface area contributed by atoms with E-state index in [0.717, 1.165) is 25.7 Å². The van der Waals surface area contributed by atoms with Crippen LogP contribution in [0.2, 0.25) is 5.02 Å². The normalized spacial score (nSPS) is 24.1. The summed E-state index contributed by atoms with van der Waals surface area (Å²) in [5, 5.41) is 3.34. The molecule has 21 heavy (non-hydrogen) atoms. The van der Waals surface area contributed by atoms with Crippen LogP contribution in [0.4, 0.5) is 0 Å². The van der Waals surface area contributed by atoms with Gasteiger partial charge in [0.2, 0.25) is 0 Å². The Bertz CT molecular complexity index is 514. The van der Waals surface area contributed by atoms with Crippen molar-refractivity contribution in [2.24, 2.45) is 0 Å². The lowest BCUT2D eigenvalue weighted by Gasteiger charge is -2.31. The van der Waals surface area contributed by atoms with Gasteiger partial charge < -0.3 is 14.8 Å². The topological polar surface area (TPSA) is 47.6 Å². The SMILES string of the molecule is O=C(NCC1COC2(CCCCC2)O1)c1ccccc1Cl. The molecule has 1 aromatic carbocycles. The van der Waals surface area contributed by atoms with E-state index in [-0.39, 0.29) is 12.0 Å². The third kappa shape index (κ3) is 3.39. The average Bonchev–Trinajstić information content (AvgIpc) is 2.89. The molecule has 0 bridgehead atoms. The first-order valence-electron chi connectivity index (χ1n) is 7.53. The minimum Gasteiger partial charge on any atom is -0.349 e. The van der Waals surface area contributed by atoms with Crippen molar-refractivity contribution < 1.29 is 14.3 Å². The molecule has 1 saturated heterocycles. The van der Waals surface area contributed by atoms with E-state index in [9.17, 15) is 4.79 Å². The number of amides is 1. The van der Waals surface area contributed by atoms with Gasteiger partial charge in [-0.3, -0.25) is 4.79 Å². The minimum absolute atomic E-state index is 0.0745. The van der Waals surface area contributed by atoms with E-state index in [1.807, 2.05) is 0 Å². The molecule has 114 valence electrons. The van der Waals surface area contributed by atoms with Crippen molar-refractivity contribution in [3.05, 3.63) is 34.9 Å². The maximum atomic E-state index is 12.1. The number of benzene rings is 1. The molecule has 4 nitrogen and oxygen atoms in total. The van der Waals surface area contributed by atoms with Crippen molar-refractivity contribution in [2.75, 3.05) is 13.2 Å². The van der Waals surface area contributed by atoms with Crippen LogP contribution in [0.25, 0.3) is 0 Å². The predicted octanol–water partition coefficient (Wildman–Crippen LogP) is 3.15. The summed E-state index contributed by atoms with van der Waals surface area (Å²) in [6, 6.07) is 7.03. The Balaban J connectivity index is 1.52. The van der Waals surface area contributed by atoms with Gasteiger partial charge in [-0.05, 0) is 25.0 Å². The second-order valence-electron chi connectivity index (χ2n) is 5.71. The number of ether oxygens (including phenoxy) is 2. The van der Waals surface area contributed by atoms with Crippen molar-refractivity contribution in [3.8, 4) is 0 Å². The average molecular weight is 310 g/mol. The van der Waals surface area contributed by atoms with Crippen molar-refractivity contribution in [1.29, 1.82) is 0 Å². The van der Waals surface area contributed by atoms with Crippen LogP contribution in [0.5, 0.6) is 0 Å². The molecule has 2 aliphatic rings. The van der Waals surface area contributed by atoms with Gasteiger partial charge >= 0.3 is 0 Å². The molecule has 1 amide bonds. The largest absolute Gasteiger partial charge is 0.349 e. The molecule has 0 aromatic heterocycles. The third-order valence-electron chi connectivity index (χ3n) is 4.14. The summed E-state index contributed by atoms with van der Waals surface area (Å²) in [5.41, 5.74) is 0.491. The standard InChI is InChI=1S/C16H20ClNO3/c17-14-7-3-2-6-13(14)15(19)18-10-12-11-20-16(21-12)8-4-1-5-9-16/h2-3,6-7,12H,1,4-5,8-11H2,(H,18,19). The Hall–Kier alpha value is -1.10. The van der Waals surface area contributed by atoms with Crippen molar-refractivity contribution in [1.82, 2.24) is 5.32 Å². The highest BCUT2D eigenvalue weighted by molar-refractivity contribution is 6.33. The third-order valence-corrected chi connectivity index (χ3v) is 4.47. The molecule has 3 rings (SSSR count). The maximum Gasteiger partial charge on any atom is 0.252 e. The van der Waals surface area contributed by atoms with Crippen molar-refractivity contribution in [3.63, 3.8) is 0 Å². The van der Waals surface area contributed by atoms with E-state index < -0.39 is 5.79 Å². The first-order valence-corrected chi connectivity index (χ1v) is 7.91. The summed E-state index contributed by atoms with van der Waals surface area (Å²) in [7, 11) is 0. The minimum atomic E-state index is -0.391. The highest BCUT2D eigenvalue weighted by Crippen LogP contribution is 2.37. The molecule has 1 atom stereocenters. The van der Waals surface area contributed by atoms with Gasteiger partial charge in [-0.2, -0.15) is 0 Å². The maximum absolute atomic E-state index is 12.1. The van der Waals surface area contributed by atoms with Crippen LogP contribution in [0, 0.1) is 0 Å². The van der Waals surface area contributed by atoms with Crippen LogP contribution in [0.1, 0.15) is 42.5 Å². The Kier molecular flexibility index (Phi) is 4.48. The zero-order valence-electron chi connectivity index (χ0n) is 11.9. The molecule has 1 aliphatic carbocycles. The first kappa shape index (κ1) is 14.8. The number of hydrogen-bond acceptors (Lipinski definition) is 3. The Morgan fingerprint density at radius 3 is 2.81 bits per heavy atom. The lowest BCUT2D eigenvalue weighted by atomic mass is 9.94.